The minimum absolute atomic E-state index is 0.131. The summed E-state index contributed by atoms with van der Waals surface area (Å²) in [5, 5.41) is 0. The molecule has 2 aromatic rings. The monoisotopic (exact) mass is 310 g/mol. The maximum Gasteiger partial charge on any atom is 0.253 e. The molecule has 2 saturated heterocycles. The SMILES string of the molecule is CN1CCC2(CCCN(C(=O)c3ccc4nccnc4c3)C2)C1. The number of aromatic nitrogens is 2. The number of nitrogens with zero attached hydrogens (tertiary/aromatic N) is 4. The van der Waals surface area contributed by atoms with Gasteiger partial charge in [0.1, 0.15) is 0 Å². The predicted molar refractivity (Wildman–Crippen MR) is 89.2 cm³/mol. The number of fused-ring (bicyclic) bond motifs is 1. The third kappa shape index (κ3) is 2.70. The van der Waals surface area contributed by atoms with Crippen LogP contribution in [-0.2, 0) is 0 Å². The zero-order valence-electron chi connectivity index (χ0n) is 13.5. The Morgan fingerprint density at radius 2 is 1.91 bits per heavy atom. The molecule has 1 amide bonds. The molecular weight excluding hydrogens is 288 g/mol. The molecule has 0 radical (unpaired) electrons. The number of piperidine rings is 1. The molecule has 0 N–H and O–H groups in total. The van der Waals surface area contributed by atoms with Gasteiger partial charge in [0.05, 0.1) is 11.0 Å². The van der Waals surface area contributed by atoms with Gasteiger partial charge in [-0.1, -0.05) is 0 Å². The van der Waals surface area contributed by atoms with Crippen molar-refractivity contribution in [2.24, 2.45) is 5.41 Å². The molecule has 1 aromatic heterocycles. The Morgan fingerprint density at radius 3 is 2.70 bits per heavy atom. The van der Waals surface area contributed by atoms with Crippen molar-refractivity contribution in [2.45, 2.75) is 19.3 Å². The summed E-state index contributed by atoms with van der Waals surface area (Å²) in [5.41, 5.74) is 2.64. The van der Waals surface area contributed by atoms with Crippen LogP contribution in [0.2, 0.25) is 0 Å². The highest BCUT2D eigenvalue weighted by Gasteiger charge is 2.41. The summed E-state index contributed by atoms with van der Waals surface area (Å²) in [7, 11) is 2.18. The summed E-state index contributed by atoms with van der Waals surface area (Å²) in [5.74, 6) is 0.131. The number of carbonyl (C=O) groups is 1. The van der Waals surface area contributed by atoms with E-state index in [2.05, 4.69) is 21.9 Å². The van der Waals surface area contributed by atoms with Gasteiger partial charge in [0.15, 0.2) is 0 Å². The molecule has 4 rings (SSSR count). The molecule has 5 heteroatoms. The summed E-state index contributed by atoms with van der Waals surface area (Å²) in [4.78, 5) is 25.9. The van der Waals surface area contributed by atoms with Crippen molar-refractivity contribution in [1.29, 1.82) is 0 Å². The fraction of sp³-hybridized carbons (Fsp3) is 0.500. The van der Waals surface area contributed by atoms with Crippen LogP contribution in [0.3, 0.4) is 0 Å². The molecule has 0 saturated carbocycles. The van der Waals surface area contributed by atoms with Crippen molar-refractivity contribution in [1.82, 2.24) is 19.8 Å². The molecular formula is C18H22N4O. The van der Waals surface area contributed by atoms with E-state index >= 15 is 0 Å². The summed E-state index contributed by atoms with van der Waals surface area (Å²) in [6.07, 6.45) is 6.89. The quantitative estimate of drug-likeness (QED) is 0.810. The van der Waals surface area contributed by atoms with Crippen molar-refractivity contribution in [3.8, 4) is 0 Å². The fourth-order valence-corrected chi connectivity index (χ4v) is 4.15. The Morgan fingerprint density at radius 1 is 1.09 bits per heavy atom. The molecule has 2 aliphatic heterocycles. The van der Waals surface area contributed by atoms with Gasteiger partial charge in [-0.2, -0.15) is 0 Å². The summed E-state index contributed by atoms with van der Waals surface area (Å²) < 4.78 is 0. The van der Waals surface area contributed by atoms with E-state index in [1.165, 1.54) is 12.8 Å². The Bertz CT molecular complexity index is 743. The van der Waals surface area contributed by atoms with Gasteiger partial charge in [0.2, 0.25) is 0 Å². The van der Waals surface area contributed by atoms with E-state index in [0.29, 0.717) is 5.41 Å². The fourth-order valence-electron chi connectivity index (χ4n) is 4.15. The molecule has 1 unspecified atom stereocenters. The van der Waals surface area contributed by atoms with Crippen LogP contribution < -0.4 is 0 Å². The third-order valence-electron chi connectivity index (χ3n) is 5.29. The maximum absolute atomic E-state index is 12.9. The van der Waals surface area contributed by atoms with E-state index in [-0.39, 0.29) is 5.91 Å². The van der Waals surface area contributed by atoms with Crippen molar-refractivity contribution in [2.75, 3.05) is 33.2 Å². The first kappa shape index (κ1) is 14.6. The van der Waals surface area contributed by atoms with Gasteiger partial charge in [-0.15, -0.1) is 0 Å². The lowest BCUT2D eigenvalue weighted by atomic mass is 9.79. The van der Waals surface area contributed by atoms with Crippen LogP contribution in [-0.4, -0.2) is 58.9 Å². The van der Waals surface area contributed by atoms with E-state index in [1.807, 2.05) is 23.1 Å². The molecule has 120 valence electrons. The highest BCUT2D eigenvalue weighted by Crippen LogP contribution is 2.38. The number of rotatable bonds is 1. The van der Waals surface area contributed by atoms with Crippen LogP contribution in [0.15, 0.2) is 30.6 Å². The van der Waals surface area contributed by atoms with E-state index in [9.17, 15) is 4.79 Å². The zero-order valence-corrected chi connectivity index (χ0v) is 13.5. The minimum Gasteiger partial charge on any atom is -0.338 e. The first-order chi connectivity index (χ1) is 11.2. The van der Waals surface area contributed by atoms with Crippen LogP contribution in [0.4, 0.5) is 0 Å². The van der Waals surface area contributed by atoms with Gasteiger partial charge in [-0.25, -0.2) is 0 Å². The van der Waals surface area contributed by atoms with Gasteiger partial charge in [0.25, 0.3) is 5.91 Å². The van der Waals surface area contributed by atoms with Crippen molar-refractivity contribution in [3.05, 3.63) is 36.2 Å². The highest BCUT2D eigenvalue weighted by molar-refractivity contribution is 5.97. The average molecular weight is 310 g/mol. The van der Waals surface area contributed by atoms with Crippen LogP contribution in [0.1, 0.15) is 29.6 Å². The van der Waals surface area contributed by atoms with Crippen LogP contribution in [0.25, 0.3) is 11.0 Å². The van der Waals surface area contributed by atoms with E-state index < -0.39 is 0 Å². The third-order valence-corrected chi connectivity index (χ3v) is 5.29. The standard InChI is InChI=1S/C18H22N4O/c1-21-10-6-18(12-21)5-2-9-22(13-18)17(23)14-3-4-15-16(11-14)20-8-7-19-15/h3-4,7-8,11H,2,5-6,9-10,12-13H2,1H3. The molecule has 0 aliphatic carbocycles. The molecule has 0 bridgehead atoms. The van der Waals surface area contributed by atoms with Gasteiger partial charge < -0.3 is 9.80 Å². The lowest BCUT2D eigenvalue weighted by Crippen LogP contribution is -2.47. The summed E-state index contributed by atoms with van der Waals surface area (Å²) in [6.45, 7) is 4.01. The average Bonchev–Trinajstić information content (AvgIpc) is 2.93. The molecule has 3 heterocycles. The van der Waals surface area contributed by atoms with Crippen LogP contribution in [0.5, 0.6) is 0 Å². The Balaban J connectivity index is 1.57. The van der Waals surface area contributed by atoms with Crippen LogP contribution >= 0.6 is 0 Å². The van der Waals surface area contributed by atoms with Crippen molar-refractivity contribution >= 4 is 16.9 Å². The smallest absolute Gasteiger partial charge is 0.253 e. The maximum atomic E-state index is 12.9. The molecule has 1 aromatic carbocycles. The van der Waals surface area contributed by atoms with Gasteiger partial charge in [-0.3, -0.25) is 14.8 Å². The number of hydrogen-bond donors (Lipinski definition) is 0. The molecule has 23 heavy (non-hydrogen) atoms. The van der Waals surface area contributed by atoms with Gasteiger partial charge in [-0.05, 0) is 51.1 Å². The lowest BCUT2D eigenvalue weighted by Gasteiger charge is -2.40. The second-order valence-corrected chi connectivity index (χ2v) is 7.08. The van der Waals surface area contributed by atoms with Crippen LogP contribution in [0, 0.1) is 5.41 Å². The zero-order chi connectivity index (χ0) is 15.9. The number of benzene rings is 1. The summed E-state index contributed by atoms with van der Waals surface area (Å²) >= 11 is 0. The topological polar surface area (TPSA) is 49.3 Å². The largest absolute Gasteiger partial charge is 0.338 e. The van der Waals surface area contributed by atoms with E-state index in [1.54, 1.807) is 12.4 Å². The molecule has 1 atom stereocenters. The number of likely N-dealkylation sites (tertiary alicyclic amines) is 2. The van der Waals surface area contributed by atoms with E-state index in [0.717, 1.165) is 49.2 Å². The summed E-state index contributed by atoms with van der Waals surface area (Å²) in [6, 6.07) is 5.63. The normalized spacial score (nSPS) is 25.3. The molecule has 2 aliphatic rings. The minimum atomic E-state index is 0.131. The molecule has 1 spiro atoms. The predicted octanol–water partition coefficient (Wildman–Crippen LogP) is 2.19. The highest BCUT2D eigenvalue weighted by atomic mass is 16.2. The number of hydrogen-bond acceptors (Lipinski definition) is 4. The molecule has 2 fully saturated rings. The van der Waals surface area contributed by atoms with E-state index in [4.69, 9.17) is 0 Å². The molecule has 5 nitrogen and oxygen atoms in total. The Hall–Kier alpha value is -2.01. The van der Waals surface area contributed by atoms with Gasteiger partial charge >= 0.3 is 0 Å². The Kier molecular flexibility index (Phi) is 3.53. The first-order valence-corrected chi connectivity index (χ1v) is 8.34. The second-order valence-electron chi connectivity index (χ2n) is 7.08. The van der Waals surface area contributed by atoms with Crippen molar-refractivity contribution < 1.29 is 4.79 Å². The van der Waals surface area contributed by atoms with Crippen molar-refractivity contribution in [3.63, 3.8) is 0 Å². The second kappa shape index (κ2) is 5.57. The first-order valence-electron chi connectivity index (χ1n) is 8.34. The number of carbonyl (C=O) groups excluding carboxylic acids is 1. The lowest BCUT2D eigenvalue weighted by molar-refractivity contribution is 0.0535. The Labute approximate surface area is 136 Å². The number of amides is 1. The van der Waals surface area contributed by atoms with Gasteiger partial charge in [0, 0.05) is 43.0 Å².